The lowest BCUT2D eigenvalue weighted by Gasteiger charge is -2.28. The van der Waals surface area contributed by atoms with Gasteiger partial charge < -0.3 is 10.6 Å². The maximum atomic E-state index is 9.04. The molecule has 0 aromatic heterocycles. The van der Waals surface area contributed by atoms with Gasteiger partial charge in [0.1, 0.15) is 0 Å². The Morgan fingerprint density at radius 3 is 2.55 bits per heavy atom. The number of hydrogen-bond acceptors (Lipinski definition) is 3. The molecule has 1 aliphatic heterocycles. The third kappa shape index (κ3) is 3.88. The Kier molecular flexibility index (Phi) is 5.12. The van der Waals surface area contributed by atoms with Crippen molar-refractivity contribution in [2.75, 3.05) is 19.6 Å². The molecule has 3 heteroatoms. The van der Waals surface area contributed by atoms with Crippen molar-refractivity contribution in [3.05, 3.63) is 34.9 Å². The van der Waals surface area contributed by atoms with E-state index < -0.39 is 0 Å². The van der Waals surface area contributed by atoms with Crippen molar-refractivity contribution in [2.45, 2.75) is 51.0 Å². The molecule has 0 saturated heterocycles. The normalized spacial score (nSPS) is 26.0. The zero-order chi connectivity index (χ0) is 15.4. The molecular weight excluding hydrogens is 270 g/mol. The highest BCUT2D eigenvalue weighted by atomic mass is 15.1. The van der Waals surface area contributed by atoms with Gasteiger partial charge in [-0.3, -0.25) is 0 Å². The fourth-order valence-corrected chi connectivity index (χ4v) is 3.91. The zero-order valence-electron chi connectivity index (χ0n) is 13.4. The van der Waals surface area contributed by atoms with E-state index in [4.69, 9.17) is 11.0 Å². The van der Waals surface area contributed by atoms with Crippen LogP contribution in [0, 0.1) is 17.2 Å². The highest BCUT2D eigenvalue weighted by Gasteiger charge is 2.20. The molecule has 1 saturated carbocycles. The number of rotatable bonds is 3. The van der Waals surface area contributed by atoms with Crippen LogP contribution in [0.5, 0.6) is 0 Å². The number of benzene rings is 1. The van der Waals surface area contributed by atoms with E-state index >= 15 is 0 Å². The Balaban J connectivity index is 1.50. The van der Waals surface area contributed by atoms with Crippen LogP contribution in [-0.4, -0.2) is 30.6 Å². The fourth-order valence-electron chi connectivity index (χ4n) is 3.91. The molecule has 1 fully saturated rings. The van der Waals surface area contributed by atoms with E-state index in [1.165, 1.54) is 49.8 Å². The second kappa shape index (κ2) is 7.26. The Morgan fingerprint density at radius 1 is 1.09 bits per heavy atom. The van der Waals surface area contributed by atoms with Crippen LogP contribution in [0.4, 0.5) is 0 Å². The van der Waals surface area contributed by atoms with Crippen molar-refractivity contribution in [3.63, 3.8) is 0 Å². The second-order valence-electron chi connectivity index (χ2n) is 7.01. The first kappa shape index (κ1) is 15.5. The lowest BCUT2D eigenvalue weighted by Crippen LogP contribution is -2.31. The quantitative estimate of drug-likeness (QED) is 0.933. The number of nitrogens with zero attached hydrogens (tertiary/aromatic N) is 2. The molecule has 0 unspecified atom stereocenters. The van der Waals surface area contributed by atoms with E-state index in [1.54, 1.807) is 0 Å². The first-order valence-electron chi connectivity index (χ1n) is 8.74. The summed E-state index contributed by atoms with van der Waals surface area (Å²) in [4.78, 5) is 2.61. The van der Waals surface area contributed by atoms with E-state index in [-0.39, 0.29) is 0 Å². The number of hydrogen-bond donors (Lipinski definition) is 1. The van der Waals surface area contributed by atoms with Crippen molar-refractivity contribution in [1.82, 2.24) is 4.90 Å². The summed E-state index contributed by atoms with van der Waals surface area (Å²) < 4.78 is 0. The first-order valence-corrected chi connectivity index (χ1v) is 8.74. The van der Waals surface area contributed by atoms with E-state index in [0.717, 1.165) is 37.4 Å². The van der Waals surface area contributed by atoms with Crippen LogP contribution in [-0.2, 0) is 12.8 Å². The molecular formula is C19H27N3. The van der Waals surface area contributed by atoms with Gasteiger partial charge in [0, 0.05) is 19.1 Å². The van der Waals surface area contributed by atoms with Gasteiger partial charge in [-0.05, 0) is 80.7 Å². The standard InChI is InChI=1S/C19H27N3/c20-14-16-1-4-17-8-11-22(12-9-18(17)13-16)10-7-15-2-5-19(21)6-3-15/h1,4,13,15,19H,2-3,5-12,21H2. The Labute approximate surface area is 134 Å². The molecule has 0 amide bonds. The predicted molar refractivity (Wildman–Crippen MR) is 89.6 cm³/mol. The van der Waals surface area contributed by atoms with Gasteiger partial charge in [-0.15, -0.1) is 0 Å². The predicted octanol–water partition coefficient (Wildman–Crippen LogP) is 2.87. The minimum absolute atomic E-state index is 0.457. The van der Waals surface area contributed by atoms with Crippen LogP contribution in [0.1, 0.15) is 48.8 Å². The summed E-state index contributed by atoms with van der Waals surface area (Å²) in [7, 11) is 0. The smallest absolute Gasteiger partial charge is 0.0991 e. The molecule has 0 bridgehead atoms. The van der Waals surface area contributed by atoms with E-state index in [0.29, 0.717) is 6.04 Å². The summed E-state index contributed by atoms with van der Waals surface area (Å²) in [6.45, 7) is 3.51. The van der Waals surface area contributed by atoms with Gasteiger partial charge in [0.25, 0.3) is 0 Å². The van der Waals surface area contributed by atoms with Crippen LogP contribution in [0.25, 0.3) is 0 Å². The SMILES string of the molecule is N#Cc1ccc2c(c1)CCN(CCC1CCC(N)CC1)CC2. The average Bonchev–Trinajstić information content (AvgIpc) is 2.76. The van der Waals surface area contributed by atoms with Gasteiger partial charge in [0.2, 0.25) is 0 Å². The van der Waals surface area contributed by atoms with Gasteiger partial charge in [-0.25, -0.2) is 0 Å². The number of nitriles is 1. The maximum absolute atomic E-state index is 9.04. The molecule has 1 aromatic carbocycles. The molecule has 3 rings (SSSR count). The van der Waals surface area contributed by atoms with Crippen LogP contribution in [0.15, 0.2) is 18.2 Å². The van der Waals surface area contributed by atoms with Crippen LogP contribution in [0.2, 0.25) is 0 Å². The summed E-state index contributed by atoms with van der Waals surface area (Å²) in [5.41, 5.74) is 9.61. The molecule has 3 nitrogen and oxygen atoms in total. The Morgan fingerprint density at radius 2 is 1.82 bits per heavy atom. The first-order chi connectivity index (χ1) is 10.7. The van der Waals surface area contributed by atoms with Crippen molar-refractivity contribution in [1.29, 1.82) is 5.26 Å². The molecule has 118 valence electrons. The molecule has 22 heavy (non-hydrogen) atoms. The molecule has 0 radical (unpaired) electrons. The number of nitrogens with two attached hydrogens (primary N) is 1. The lowest BCUT2D eigenvalue weighted by molar-refractivity contribution is 0.232. The number of fused-ring (bicyclic) bond motifs is 1. The monoisotopic (exact) mass is 297 g/mol. The average molecular weight is 297 g/mol. The van der Waals surface area contributed by atoms with Gasteiger partial charge in [0.05, 0.1) is 11.6 Å². The topological polar surface area (TPSA) is 53.0 Å². The van der Waals surface area contributed by atoms with Crippen LogP contribution >= 0.6 is 0 Å². The summed E-state index contributed by atoms with van der Waals surface area (Å²) >= 11 is 0. The van der Waals surface area contributed by atoms with Crippen LogP contribution < -0.4 is 5.73 Å². The molecule has 2 N–H and O–H groups in total. The van der Waals surface area contributed by atoms with E-state index in [2.05, 4.69) is 23.1 Å². The molecule has 2 aliphatic rings. The van der Waals surface area contributed by atoms with Gasteiger partial charge in [-0.2, -0.15) is 5.26 Å². The van der Waals surface area contributed by atoms with E-state index in [1.807, 2.05) is 6.07 Å². The third-order valence-corrected chi connectivity index (χ3v) is 5.48. The van der Waals surface area contributed by atoms with Crippen molar-refractivity contribution < 1.29 is 0 Å². The Bertz CT molecular complexity index is 538. The van der Waals surface area contributed by atoms with Gasteiger partial charge >= 0.3 is 0 Å². The highest BCUT2D eigenvalue weighted by molar-refractivity contribution is 5.39. The molecule has 0 spiro atoms. The highest BCUT2D eigenvalue weighted by Crippen LogP contribution is 2.26. The minimum Gasteiger partial charge on any atom is -0.328 e. The van der Waals surface area contributed by atoms with Gasteiger partial charge in [0.15, 0.2) is 0 Å². The van der Waals surface area contributed by atoms with Crippen LogP contribution in [0.3, 0.4) is 0 Å². The molecule has 1 heterocycles. The largest absolute Gasteiger partial charge is 0.328 e. The lowest BCUT2D eigenvalue weighted by atomic mass is 9.84. The van der Waals surface area contributed by atoms with E-state index in [9.17, 15) is 0 Å². The zero-order valence-corrected chi connectivity index (χ0v) is 13.4. The summed E-state index contributed by atoms with van der Waals surface area (Å²) in [6.07, 6.45) is 8.60. The summed E-state index contributed by atoms with van der Waals surface area (Å²) in [6, 6.07) is 8.91. The summed E-state index contributed by atoms with van der Waals surface area (Å²) in [5, 5.41) is 9.04. The fraction of sp³-hybridized carbons (Fsp3) is 0.632. The minimum atomic E-state index is 0.457. The molecule has 1 aromatic rings. The van der Waals surface area contributed by atoms with Crippen molar-refractivity contribution >= 4 is 0 Å². The van der Waals surface area contributed by atoms with Crippen molar-refractivity contribution in [2.24, 2.45) is 11.7 Å². The maximum Gasteiger partial charge on any atom is 0.0991 e. The van der Waals surface area contributed by atoms with Crippen molar-refractivity contribution in [3.8, 4) is 6.07 Å². The van der Waals surface area contributed by atoms with Gasteiger partial charge in [-0.1, -0.05) is 6.07 Å². The summed E-state index contributed by atoms with van der Waals surface area (Å²) in [5.74, 6) is 0.885. The molecule has 0 atom stereocenters. The third-order valence-electron chi connectivity index (χ3n) is 5.48. The molecule has 1 aliphatic carbocycles. The Hall–Kier alpha value is -1.37. The second-order valence-corrected chi connectivity index (χ2v) is 7.01.